The van der Waals surface area contributed by atoms with E-state index in [1.165, 1.54) is 0 Å². The second-order valence-electron chi connectivity index (χ2n) is 6.01. The Balaban J connectivity index is 3.04. The van der Waals surface area contributed by atoms with Gasteiger partial charge < -0.3 is 0 Å². The summed E-state index contributed by atoms with van der Waals surface area (Å²) in [5.74, 6) is 0.447. The normalized spacial score (nSPS) is 22.7. The number of carbonyl (C=O) groups excluding carboxylic acids is 1. The van der Waals surface area contributed by atoms with E-state index in [0.717, 1.165) is 6.42 Å². The van der Waals surface area contributed by atoms with Crippen molar-refractivity contribution in [2.24, 2.45) is 16.2 Å². The van der Waals surface area contributed by atoms with Crippen LogP contribution in [0.2, 0.25) is 0 Å². The maximum atomic E-state index is 11.5. The summed E-state index contributed by atoms with van der Waals surface area (Å²) in [6, 6.07) is 0. The summed E-state index contributed by atoms with van der Waals surface area (Å²) in [5.41, 5.74) is 0.171. The van der Waals surface area contributed by atoms with Crippen LogP contribution in [0, 0.1) is 16.2 Å². The van der Waals surface area contributed by atoms with Gasteiger partial charge in [0.1, 0.15) is 5.78 Å². The van der Waals surface area contributed by atoms with Gasteiger partial charge in [-0.15, -0.1) is 0 Å². The van der Waals surface area contributed by atoms with Crippen molar-refractivity contribution in [3.8, 4) is 0 Å². The van der Waals surface area contributed by atoms with E-state index in [-0.39, 0.29) is 16.2 Å². The first-order chi connectivity index (χ1) is 5.13. The van der Waals surface area contributed by atoms with Crippen LogP contribution in [0.25, 0.3) is 0 Å². The molecule has 0 radical (unpaired) electrons. The Kier molecular flexibility index (Phi) is 1.73. The van der Waals surface area contributed by atoms with E-state index in [0.29, 0.717) is 5.78 Å². The minimum Gasteiger partial charge on any atom is -0.299 e. The van der Waals surface area contributed by atoms with Gasteiger partial charge in [0, 0.05) is 11.8 Å². The molecule has 70 valence electrons. The summed E-state index contributed by atoms with van der Waals surface area (Å²) in [4.78, 5) is 11.5. The summed E-state index contributed by atoms with van der Waals surface area (Å²) in [6.45, 7) is 13.0. The molecule has 0 unspecified atom stereocenters. The Hall–Kier alpha value is -0.330. The van der Waals surface area contributed by atoms with Gasteiger partial charge in [0.2, 0.25) is 0 Å². The van der Waals surface area contributed by atoms with Crippen LogP contribution in [0.15, 0.2) is 0 Å². The lowest BCUT2D eigenvalue weighted by atomic mass is 9.63. The predicted molar refractivity (Wildman–Crippen MR) is 51.0 cm³/mol. The van der Waals surface area contributed by atoms with Gasteiger partial charge in [-0.1, -0.05) is 41.5 Å². The molecule has 1 aliphatic rings. The van der Waals surface area contributed by atoms with Gasteiger partial charge in [-0.3, -0.25) is 4.79 Å². The largest absolute Gasteiger partial charge is 0.299 e. The highest BCUT2D eigenvalue weighted by molar-refractivity contribution is 6.02. The Bertz CT molecular complexity index is 198. The first kappa shape index (κ1) is 9.76. The van der Waals surface area contributed by atoms with E-state index >= 15 is 0 Å². The highest BCUT2D eigenvalue weighted by Gasteiger charge is 2.66. The molecule has 1 saturated carbocycles. The minimum absolute atomic E-state index is 0.0556. The van der Waals surface area contributed by atoms with Crippen LogP contribution in [-0.2, 0) is 4.79 Å². The predicted octanol–water partition coefficient (Wildman–Crippen LogP) is 3.04. The van der Waals surface area contributed by atoms with Crippen LogP contribution in [0.4, 0.5) is 0 Å². The lowest BCUT2D eigenvalue weighted by molar-refractivity contribution is -0.118. The highest BCUT2D eigenvalue weighted by Crippen LogP contribution is 2.64. The molecule has 0 bridgehead atoms. The second-order valence-corrected chi connectivity index (χ2v) is 6.01. The van der Waals surface area contributed by atoms with Gasteiger partial charge in [-0.05, 0) is 10.8 Å². The molecular weight excluding hydrogens is 148 g/mol. The molecule has 1 heteroatoms. The Morgan fingerprint density at radius 2 is 1.25 bits per heavy atom. The molecule has 1 nitrogen and oxygen atoms in total. The topological polar surface area (TPSA) is 17.1 Å². The number of ketones is 1. The van der Waals surface area contributed by atoms with Gasteiger partial charge in [-0.2, -0.15) is 0 Å². The van der Waals surface area contributed by atoms with Crippen LogP contribution in [-0.4, -0.2) is 5.78 Å². The van der Waals surface area contributed by atoms with Crippen molar-refractivity contribution in [1.82, 2.24) is 0 Å². The Morgan fingerprint density at radius 3 is 1.25 bits per heavy atom. The van der Waals surface area contributed by atoms with Crippen LogP contribution in [0.5, 0.6) is 0 Å². The van der Waals surface area contributed by atoms with Gasteiger partial charge in [0.15, 0.2) is 0 Å². The first-order valence-corrected chi connectivity index (χ1v) is 4.66. The number of carbonyl (C=O) groups is 1. The molecule has 0 heterocycles. The van der Waals surface area contributed by atoms with Gasteiger partial charge in [-0.25, -0.2) is 0 Å². The van der Waals surface area contributed by atoms with Crippen molar-refractivity contribution >= 4 is 5.78 Å². The average molecular weight is 168 g/mol. The third kappa shape index (κ3) is 1.02. The number of Topliss-reactive ketones (excluding diaryl/α,β-unsaturated/α-hetero) is 1. The van der Waals surface area contributed by atoms with E-state index < -0.39 is 0 Å². The second kappa shape index (κ2) is 2.12. The third-order valence-electron chi connectivity index (χ3n) is 3.34. The SMILES string of the molecule is CC(C)(C)C1(C(C)(C)C)CC1=O. The molecule has 0 spiro atoms. The van der Waals surface area contributed by atoms with Gasteiger partial charge in [0.25, 0.3) is 0 Å². The van der Waals surface area contributed by atoms with E-state index in [1.54, 1.807) is 0 Å². The molecule has 0 aromatic heterocycles. The van der Waals surface area contributed by atoms with E-state index in [2.05, 4.69) is 41.5 Å². The van der Waals surface area contributed by atoms with E-state index in [1.807, 2.05) is 0 Å². The van der Waals surface area contributed by atoms with E-state index in [9.17, 15) is 4.79 Å². The summed E-state index contributed by atoms with van der Waals surface area (Å²) in [6.07, 6.45) is 0.778. The van der Waals surface area contributed by atoms with Crippen molar-refractivity contribution in [2.45, 2.75) is 48.0 Å². The smallest absolute Gasteiger partial charge is 0.141 e. The molecule has 1 fully saturated rings. The number of rotatable bonds is 0. The number of hydrogen-bond donors (Lipinski definition) is 0. The van der Waals surface area contributed by atoms with Crippen molar-refractivity contribution < 1.29 is 4.79 Å². The first-order valence-electron chi connectivity index (χ1n) is 4.66. The molecular formula is C11H20O. The fraction of sp³-hybridized carbons (Fsp3) is 0.909. The molecule has 12 heavy (non-hydrogen) atoms. The zero-order valence-electron chi connectivity index (χ0n) is 9.12. The van der Waals surface area contributed by atoms with Crippen LogP contribution in [0.1, 0.15) is 48.0 Å². The summed E-state index contributed by atoms with van der Waals surface area (Å²) in [7, 11) is 0. The minimum atomic E-state index is -0.0556. The average Bonchev–Trinajstić information content (AvgIpc) is 2.36. The standard InChI is InChI=1S/C11H20O/c1-9(2,3)11(7-8(11)12)10(4,5)6/h7H2,1-6H3. The molecule has 0 aromatic rings. The fourth-order valence-corrected chi connectivity index (χ4v) is 2.69. The van der Waals surface area contributed by atoms with E-state index in [4.69, 9.17) is 0 Å². The number of hydrogen-bond acceptors (Lipinski definition) is 1. The van der Waals surface area contributed by atoms with Crippen LogP contribution < -0.4 is 0 Å². The molecule has 0 saturated heterocycles. The van der Waals surface area contributed by atoms with Crippen molar-refractivity contribution in [3.63, 3.8) is 0 Å². The molecule has 1 rings (SSSR count). The van der Waals surface area contributed by atoms with Crippen LogP contribution in [0.3, 0.4) is 0 Å². The maximum Gasteiger partial charge on any atom is 0.141 e. The maximum absolute atomic E-state index is 11.5. The van der Waals surface area contributed by atoms with Gasteiger partial charge in [0.05, 0.1) is 0 Å². The Morgan fingerprint density at radius 1 is 1.00 bits per heavy atom. The molecule has 0 amide bonds. The summed E-state index contributed by atoms with van der Waals surface area (Å²) >= 11 is 0. The molecule has 0 N–H and O–H groups in total. The third-order valence-corrected chi connectivity index (χ3v) is 3.34. The lowest BCUT2D eigenvalue weighted by Gasteiger charge is -2.39. The monoisotopic (exact) mass is 168 g/mol. The van der Waals surface area contributed by atoms with Gasteiger partial charge >= 0.3 is 0 Å². The molecule has 0 atom stereocenters. The lowest BCUT2D eigenvalue weighted by Crippen LogP contribution is -2.36. The van der Waals surface area contributed by atoms with Crippen molar-refractivity contribution in [1.29, 1.82) is 0 Å². The highest BCUT2D eigenvalue weighted by atomic mass is 16.1. The fourth-order valence-electron chi connectivity index (χ4n) is 2.69. The summed E-state index contributed by atoms with van der Waals surface area (Å²) in [5, 5.41) is 0. The molecule has 1 aliphatic carbocycles. The molecule has 0 aromatic carbocycles. The molecule has 0 aliphatic heterocycles. The van der Waals surface area contributed by atoms with Crippen molar-refractivity contribution in [2.75, 3.05) is 0 Å². The quantitative estimate of drug-likeness (QED) is 0.543. The van der Waals surface area contributed by atoms with Crippen LogP contribution >= 0.6 is 0 Å². The zero-order chi connectivity index (χ0) is 9.78. The van der Waals surface area contributed by atoms with Crippen molar-refractivity contribution in [3.05, 3.63) is 0 Å². The summed E-state index contributed by atoms with van der Waals surface area (Å²) < 4.78 is 0. The Labute approximate surface area is 75.5 Å². The zero-order valence-corrected chi connectivity index (χ0v) is 9.12.